The minimum atomic E-state index is 0.139. The quantitative estimate of drug-likeness (QED) is 0.796. The van der Waals surface area contributed by atoms with Gasteiger partial charge in [-0.05, 0) is 29.7 Å². The van der Waals surface area contributed by atoms with Crippen LogP contribution in [0.1, 0.15) is 24.1 Å². The van der Waals surface area contributed by atoms with Crippen molar-refractivity contribution in [2.75, 3.05) is 13.1 Å². The zero-order chi connectivity index (χ0) is 14.7. The maximum Gasteiger partial charge on any atom is 0.152 e. The molecule has 1 fully saturated rings. The average Bonchev–Trinajstić information content (AvgIpc) is 2.47. The second-order valence-electron chi connectivity index (χ2n) is 5.54. The van der Waals surface area contributed by atoms with Gasteiger partial charge in [-0.1, -0.05) is 60.7 Å². The summed E-state index contributed by atoms with van der Waals surface area (Å²) in [5.41, 5.74) is 3.82. The Morgan fingerprint density at radius 3 is 1.86 bits per heavy atom. The highest BCUT2D eigenvalue weighted by atomic mass is 16.1. The van der Waals surface area contributed by atoms with E-state index >= 15 is 0 Å². The topological polar surface area (TPSA) is 20.3 Å². The van der Waals surface area contributed by atoms with Crippen LogP contribution < -0.4 is 0 Å². The minimum Gasteiger partial charge on any atom is -0.295 e. The Bertz CT molecular complexity index is 598. The van der Waals surface area contributed by atoms with Gasteiger partial charge in [0, 0.05) is 13.1 Å². The number of nitrogens with zero attached hydrogens (tertiary/aromatic N) is 1. The first-order chi connectivity index (χ1) is 10.2. The van der Waals surface area contributed by atoms with Gasteiger partial charge in [0.25, 0.3) is 0 Å². The van der Waals surface area contributed by atoms with Crippen LogP contribution >= 0.6 is 0 Å². The van der Waals surface area contributed by atoms with E-state index in [0.29, 0.717) is 0 Å². The van der Waals surface area contributed by atoms with Crippen molar-refractivity contribution in [1.82, 2.24) is 4.90 Å². The maximum atomic E-state index is 11.2. The number of hydrogen-bond donors (Lipinski definition) is 0. The zero-order valence-corrected chi connectivity index (χ0v) is 12.2. The Kier molecular flexibility index (Phi) is 3.98. The molecule has 0 radical (unpaired) electrons. The molecule has 0 spiro atoms. The van der Waals surface area contributed by atoms with Gasteiger partial charge in [-0.15, -0.1) is 0 Å². The second-order valence-corrected chi connectivity index (χ2v) is 5.54. The van der Waals surface area contributed by atoms with E-state index in [0.717, 1.165) is 13.1 Å². The van der Waals surface area contributed by atoms with Crippen molar-refractivity contribution in [2.24, 2.45) is 0 Å². The van der Waals surface area contributed by atoms with Crippen molar-refractivity contribution in [1.29, 1.82) is 0 Å². The smallest absolute Gasteiger partial charge is 0.152 e. The van der Waals surface area contributed by atoms with Gasteiger partial charge >= 0.3 is 0 Å². The fourth-order valence-electron chi connectivity index (χ4n) is 2.92. The van der Waals surface area contributed by atoms with E-state index < -0.39 is 0 Å². The first-order valence-electron chi connectivity index (χ1n) is 7.28. The molecule has 21 heavy (non-hydrogen) atoms. The van der Waals surface area contributed by atoms with Crippen molar-refractivity contribution in [3.05, 3.63) is 83.4 Å². The first kappa shape index (κ1) is 13.8. The molecule has 0 bridgehead atoms. The van der Waals surface area contributed by atoms with E-state index in [1.807, 2.05) is 12.1 Å². The molecular weight excluding hydrogens is 258 g/mol. The van der Waals surface area contributed by atoms with Crippen molar-refractivity contribution in [3.63, 3.8) is 0 Å². The van der Waals surface area contributed by atoms with E-state index in [4.69, 9.17) is 0 Å². The van der Waals surface area contributed by atoms with Gasteiger partial charge in [0.2, 0.25) is 0 Å². The summed E-state index contributed by atoms with van der Waals surface area (Å²) in [6, 6.07) is 21.4. The molecule has 2 heteroatoms. The first-order valence-corrected chi connectivity index (χ1v) is 7.28. The molecule has 1 aliphatic rings. The largest absolute Gasteiger partial charge is 0.295 e. The summed E-state index contributed by atoms with van der Waals surface area (Å²) in [6.45, 7) is 3.35. The molecule has 0 aromatic heterocycles. The third-order valence-electron chi connectivity index (χ3n) is 3.82. The SMILES string of the molecule is CC(=O)C=C1CN(C(c2ccccc2)c2ccccc2)C1. The number of allylic oxidation sites excluding steroid dienone is 1. The lowest BCUT2D eigenvalue weighted by Crippen LogP contribution is -2.43. The van der Waals surface area contributed by atoms with Crippen LogP contribution in [0.3, 0.4) is 0 Å². The summed E-state index contributed by atoms with van der Waals surface area (Å²) >= 11 is 0. The molecule has 2 aromatic rings. The highest BCUT2D eigenvalue weighted by Gasteiger charge is 2.29. The number of benzene rings is 2. The normalized spacial score (nSPS) is 14.9. The molecule has 0 aliphatic carbocycles. The maximum absolute atomic E-state index is 11.2. The predicted molar refractivity (Wildman–Crippen MR) is 85.1 cm³/mol. The molecule has 1 aliphatic heterocycles. The molecule has 2 aromatic carbocycles. The molecule has 0 amide bonds. The van der Waals surface area contributed by atoms with Crippen LogP contribution in [-0.2, 0) is 4.79 Å². The lowest BCUT2D eigenvalue weighted by atomic mass is 9.92. The Morgan fingerprint density at radius 2 is 1.43 bits per heavy atom. The zero-order valence-electron chi connectivity index (χ0n) is 12.2. The molecule has 0 N–H and O–H groups in total. The Balaban J connectivity index is 1.87. The van der Waals surface area contributed by atoms with Gasteiger partial charge < -0.3 is 0 Å². The van der Waals surface area contributed by atoms with E-state index in [2.05, 4.69) is 53.4 Å². The van der Waals surface area contributed by atoms with Gasteiger partial charge in [0.1, 0.15) is 0 Å². The lowest BCUT2D eigenvalue weighted by Gasteiger charge is -2.41. The summed E-state index contributed by atoms with van der Waals surface area (Å²) in [5, 5.41) is 0. The van der Waals surface area contributed by atoms with Crippen LogP contribution in [0.25, 0.3) is 0 Å². The van der Waals surface area contributed by atoms with Gasteiger partial charge in [-0.2, -0.15) is 0 Å². The van der Waals surface area contributed by atoms with Crippen molar-refractivity contribution in [2.45, 2.75) is 13.0 Å². The Morgan fingerprint density at radius 1 is 0.952 bits per heavy atom. The number of ketones is 1. The molecule has 0 atom stereocenters. The second kappa shape index (κ2) is 6.06. The van der Waals surface area contributed by atoms with Crippen molar-refractivity contribution < 1.29 is 4.79 Å². The lowest BCUT2D eigenvalue weighted by molar-refractivity contribution is -0.112. The van der Waals surface area contributed by atoms with Crippen LogP contribution in [0.15, 0.2) is 72.3 Å². The summed E-state index contributed by atoms with van der Waals surface area (Å²) in [7, 11) is 0. The molecule has 2 nitrogen and oxygen atoms in total. The van der Waals surface area contributed by atoms with Crippen LogP contribution in [0, 0.1) is 0 Å². The summed E-state index contributed by atoms with van der Waals surface area (Å²) in [6.07, 6.45) is 1.77. The molecule has 106 valence electrons. The fraction of sp³-hybridized carbons (Fsp3) is 0.211. The van der Waals surface area contributed by atoms with Crippen molar-refractivity contribution >= 4 is 5.78 Å². The van der Waals surface area contributed by atoms with Crippen molar-refractivity contribution in [3.8, 4) is 0 Å². The monoisotopic (exact) mass is 277 g/mol. The summed E-state index contributed by atoms with van der Waals surface area (Å²) < 4.78 is 0. The minimum absolute atomic E-state index is 0.139. The molecule has 1 heterocycles. The van der Waals surface area contributed by atoms with Gasteiger partial charge in [-0.25, -0.2) is 0 Å². The van der Waals surface area contributed by atoms with Crippen LogP contribution in [0.5, 0.6) is 0 Å². The Hall–Kier alpha value is -2.19. The Labute approximate surface area is 125 Å². The molecule has 0 unspecified atom stereocenters. The van der Waals surface area contributed by atoms with Crippen LogP contribution in [0.2, 0.25) is 0 Å². The standard InChI is InChI=1S/C19H19NO/c1-15(21)12-16-13-20(14-16)19(17-8-4-2-5-9-17)18-10-6-3-7-11-18/h2-12,19H,13-14H2,1H3. The highest BCUT2D eigenvalue weighted by Crippen LogP contribution is 2.33. The molecular formula is C19H19NO. The third-order valence-corrected chi connectivity index (χ3v) is 3.82. The number of carbonyl (C=O) groups excluding carboxylic acids is 1. The number of carbonyl (C=O) groups is 1. The molecule has 1 saturated heterocycles. The fourth-order valence-corrected chi connectivity index (χ4v) is 2.92. The number of rotatable bonds is 4. The van der Waals surface area contributed by atoms with Crippen LogP contribution in [-0.4, -0.2) is 23.8 Å². The molecule has 3 rings (SSSR count). The third kappa shape index (κ3) is 3.11. The van der Waals surface area contributed by atoms with Gasteiger partial charge in [-0.3, -0.25) is 9.69 Å². The summed E-state index contributed by atoms with van der Waals surface area (Å²) in [4.78, 5) is 13.6. The molecule has 0 saturated carbocycles. The van der Waals surface area contributed by atoms with E-state index in [9.17, 15) is 4.79 Å². The van der Waals surface area contributed by atoms with E-state index in [-0.39, 0.29) is 11.8 Å². The summed E-state index contributed by atoms with van der Waals surface area (Å²) in [5.74, 6) is 0.139. The van der Waals surface area contributed by atoms with Gasteiger partial charge in [0.15, 0.2) is 5.78 Å². The predicted octanol–water partition coefficient (Wildman–Crippen LogP) is 3.61. The number of likely N-dealkylation sites (tertiary alicyclic amines) is 1. The average molecular weight is 277 g/mol. The van der Waals surface area contributed by atoms with E-state index in [1.54, 1.807) is 13.0 Å². The van der Waals surface area contributed by atoms with Gasteiger partial charge in [0.05, 0.1) is 6.04 Å². The van der Waals surface area contributed by atoms with E-state index in [1.165, 1.54) is 16.7 Å². The highest BCUT2D eigenvalue weighted by molar-refractivity contribution is 5.88. The number of hydrogen-bond acceptors (Lipinski definition) is 2. The van der Waals surface area contributed by atoms with Crippen LogP contribution in [0.4, 0.5) is 0 Å².